The first kappa shape index (κ1) is 20.9. The van der Waals surface area contributed by atoms with Gasteiger partial charge in [-0.2, -0.15) is 0 Å². The minimum atomic E-state index is -0.623. The fourth-order valence-corrected chi connectivity index (χ4v) is 4.16. The molecular weight excluding hydrogens is 418 g/mol. The van der Waals surface area contributed by atoms with Crippen LogP contribution in [0.3, 0.4) is 0 Å². The number of carbonyl (C=O) groups excluding carboxylic acids is 1. The van der Waals surface area contributed by atoms with Gasteiger partial charge in [0.1, 0.15) is 0 Å². The standard InChI is InChI=1S/C26H23N3O4/c1-16-7-6-8-17(13-16)15-28-24(30)22-20(25(31)33-2)14-21(18-11-12-18)27-23(22)29(26(28)32)19-9-4-3-5-10-19/h3-10,13-14,18H,11-12,15H2,1-2H3. The van der Waals surface area contributed by atoms with Gasteiger partial charge >= 0.3 is 11.7 Å². The van der Waals surface area contributed by atoms with Crippen LogP contribution in [0.15, 0.2) is 70.3 Å². The average molecular weight is 441 g/mol. The van der Waals surface area contributed by atoms with Gasteiger partial charge in [-0.3, -0.25) is 9.36 Å². The number of nitrogens with zero attached hydrogens (tertiary/aromatic N) is 3. The number of methoxy groups -OCH3 is 1. The van der Waals surface area contributed by atoms with Gasteiger partial charge in [-0.15, -0.1) is 0 Å². The number of para-hydroxylation sites is 1. The van der Waals surface area contributed by atoms with Crippen LogP contribution in [0.2, 0.25) is 0 Å². The van der Waals surface area contributed by atoms with Gasteiger partial charge in [-0.05, 0) is 43.5 Å². The third kappa shape index (κ3) is 3.75. The lowest BCUT2D eigenvalue weighted by molar-refractivity contribution is 0.0602. The molecular formula is C26H23N3O4. The molecule has 1 aliphatic rings. The highest BCUT2D eigenvalue weighted by Gasteiger charge is 2.30. The van der Waals surface area contributed by atoms with E-state index in [9.17, 15) is 14.4 Å². The SMILES string of the molecule is COC(=O)c1cc(C2CC2)nc2c1c(=O)n(Cc1cccc(C)c1)c(=O)n2-c1ccccc1. The summed E-state index contributed by atoms with van der Waals surface area (Å²) < 4.78 is 7.59. The maximum absolute atomic E-state index is 13.7. The topological polar surface area (TPSA) is 83.2 Å². The lowest BCUT2D eigenvalue weighted by atomic mass is 10.1. The Bertz CT molecular complexity index is 1500. The number of aromatic nitrogens is 3. The molecule has 2 aromatic carbocycles. The van der Waals surface area contributed by atoms with E-state index in [0.717, 1.165) is 28.5 Å². The molecule has 1 aliphatic carbocycles. The zero-order valence-corrected chi connectivity index (χ0v) is 18.4. The van der Waals surface area contributed by atoms with E-state index >= 15 is 0 Å². The quantitative estimate of drug-likeness (QED) is 0.442. The molecule has 1 saturated carbocycles. The third-order valence-electron chi connectivity index (χ3n) is 5.95. The first-order valence-corrected chi connectivity index (χ1v) is 10.9. The second-order valence-corrected chi connectivity index (χ2v) is 8.39. The lowest BCUT2D eigenvalue weighted by Gasteiger charge is -2.16. The summed E-state index contributed by atoms with van der Waals surface area (Å²) in [6.07, 6.45) is 1.91. The number of fused-ring (bicyclic) bond motifs is 1. The Morgan fingerprint density at radius 2 is 1.82 bits per heavy atom. The molecule has 7 heteroatoms. The maximum Gasteiger partial charge on any atom is 0.338 e. The number of aryl methyl sites for hydroxylation is 1. The Kier molecular flexibility index (Phi) is 5.17. The van der Waals surface area contributed by atoms with Crippen LogP contribution >= 0.6 is 0 Å². The normalized spacial score (nSPS) is 13.3. The molecule has 2 heterocycles. The predicted octanol–water partition coefficient (Wildman–Crippen LogP) is 3.57. The predicted molar refractivity (Wildman–Crippen MR) is 125 cm³/mol. The summed E-state index contributed by atoms with van der Waals surface area (Å²) in [6.45, 7) is 2.03. The molecule has 5 rings (SSSR count). The molecule has 0 amide bonds. The molecule has 33 heavy (non-hydrogen) atoms. The number of pyridine rings is 1. The third-order valence-corrected chi connectivity index (χ3v) is 5.95. The molecule has 0 saturated heterocycles. The number of esters is 1. The Labute approximate surface area is 189 Å². The smallest absolute Gasteiger partial charge is 0.338 e. The van der Waals surface area contributed by atoms with Gasteiger partial charge < -0.3 is 4.74 Å². The monoisotopic (exact) mass is 441 g/mol. The van der Waals surface area contributed by atoms with Crippen molar-refractivity contribution in [3.8, 4) is 5.69 Å². The van der Waals surface area contributed by atoms with Crippen molar-refractivity contribution in [3.05, 3.63) is 104 Å². The summed E-state index contributed by atoms with van der Waals surface area (Å²) in [5.74, 6) is -0.409. The van der Waals surface area contributed by atoms with E-state index in [1.165, 1.54) is 11.7 Å². The Hall–Kier alpha value is -4.00. The summed E-state index contributed by atoms with van der Waals surface area (Å²) >= 11 is 0. The van der Waals surface area contributed by atoms with Crippen LogP contribution in [0.5, 0.6) is 0 Å². The van der Waals surface area contributed by atoms with Crippen LogP contribution in [-0.2, 0) is 11.3 Å². The molecule has 0 spiro atoms. The van der Waals surface area contributed by atoms with Gasteiger partial charge in [0.2, 0.25) is 0 Å². The molecule has 1 fully saturated rings. The molecule has 166 valence electrons. The fraction of sp³-hybridized carbons (Fsp3) is 0.231. The van der Waals surface area contributed by atoms with Crippen LogP contribution in [0.1, 0.15) is 45.9 Å². The van der Waals surface area contributed by atoms with Crippen LogP contribution < -0.4 is 11.2 Å². The number of hydrogen-bond acceptors (Lipinski definition) is 5. The van der Waals surface area contributed by atoms with Crippen molar-refractivity contribution >= 4 is 17.0 Å². The summed E-state index contributed by atoms with van der Waals surface area (Å²) in [6, 6.07) is 18.3. The molecule has 0 aliphatic heterocycles. The van der Waals surface area contributed by atoms with Crippen molar-refractivity contribution in [1.29, 1.82) is 0 Å². The summed E-state index contributed by atoms with van der Waals surface area (Å²) in [5.41, 5.74) is 2.37. The van der Waals surface area contributed by atoms with Crippen molar-refractivity contribution in [2.75, 3.05) is 7.11 Å². The number of hydrogen-bond donors (Lipinski definition) is 0. The summed E-state index contributed by atoms with van der Waals surface area (Å²) in [5, 5.41) is 0.0855. The minimum absolute atomic E-state index is 0.0765. The van der Waals surface area contributed by atoms with Crippen molar-refractivity contribution in [2.24, 2.45) is 0 Å². The second kappa shape index (κ2) is 8.16. The molecule has 4 aromatic rings. The van der Waals surface area contributed by atoms with Crippen LogP contribution in [0.25, 0.3) is 16.7 Å². The lowest BCUT2D eigenvalue weighted by Crippen LogP contribution is -2.40. The first-order valence-electron chi connectivity index (χ1n) is 10.9. The molecule has 0 N–H and O–H groups in total. The van der Waals surface area contributed by atoms with Gasteiger partial charge in [0.15, 0.2) is 5.65 Å². The molecule has 0 unspecified atom stereocenters. The van der Waals surface area contributed by atoms with Gasteiger partial charge in [0.25, 0.3) is 5.56 Å². The van der Waals surface area contributed by atoms with E-state index in [1.54, 1.807) is 18.2 Å². The fourth-order valence-electron chi connectivity index (χ4n) is 4.16. The summed E-state index contributed by atoms with van der Waals surface area (Å²) in [7, 11) is 1.28. The van der Waals surface area contributed by atoms with Crippen molar-refractivity contribution in [3.63, 3.8) is 0 Å². The second-order valence-electron chi connectivity index (χ2n) is 8.39. The van der Waals surface area contributed by atoms with Gasteiger partial charge in [-0.1, -0.05) is 48.0 Å². The Balaban J connectivity index is 1.89. The first-order chi connectivity index (χ1) is 16.0. The van der Waals surface area contributed by atoms with E-state index in [0.29, 0.717) is 11.4 Å². The van der Waals surface area contributed by atoms with E-state index in [1.807, 2.05) is 49.4 Å². The largest absolute Gasteiger partial charge is 0.465 e. The Morgan fingerprint density at radius 1 is 1.06 bits per heavy atom. The zero-order valence-electron chi connectivity index (χ0n) is 18.4. The molecule has 0 radical (unpaired) electrons. The van der Waals surface area contributed by atoms with E-state index in [2.05, 4.69) is 0 Å². The highest BCUT2D eigenvalue weighted by atomic mass is 16.5. The maximum atomic E-state index is 13.7. The van der Waals surface area contributed by atoms with Gasteiger partial charge in [0.05, 0.1) is 30.3 Å². The van der Waals surface area contributed by atoms with Crippen LogP contribution in [0, 0.1) is 6.92 Å². The number of carbonyl (C=O) groups is 1. The van der Waals surface area contributed by atoms with Crippen molar-refractivity contribution in [2.45, 2.75) is 32.2 Å². The number of benzene rings is 2. The highest BCUT2D eigenvalue weighted by molar-refractivity contribution is 6.02. The summed E-state index contributed by atoms with van der Waals surface area (Å²) in [4.78, 5) is 44.8. The van der Waals surface area contributed by atoms with E-state index in [-0.39, 0.29) is 29.1 Å². The van der Waals surface area contributed by atoms with Gasteiger partial charge in [-0.25, -0.2) is 19.1 Å². The molecule has 2 aromatic heterocycles. The zero-order chi connectivity index (χ0) is 23.1. The van der Waals surface area contributed by atoms with Crippen molar-refractivity contribution in [1.82, 2.24) is 14.1 Å². The number of ether oxygens (including phenoxy) is 1. The highest BCUT2D eigenvalue weighted by Crippen LogP contribution is 2.40. The number of rotatable bonds is 5. The van der Waals surface area contributed by atoms with E-state index < -0.39 is 17.2 Å². The average Bonchev–Trinajstić information content (AvgIpc) is 3.67. The van der Waals surface area contributed by atoms with Crippen LogP contribution in [-0.4, -0.2) is 27.2 Å². The molecule has 0 bridgehead atoms. The van der Waals surface area contributed by atoms with Crippen LogP contribution in [0.4, 0.5) is 0 Å². The Morgan fingerprint density at radius 3 is 2.48 bits per heavy atom. The minimum Gasteiger partial charge on any atom is -0.465 e. The molecule has 0 atom stereocenters. The van der Waals surface area contributed by atoms with Crippen molar-refractivity contribution < 1.29 is 9.53 Å². The van der Waals surface area contributed by atoms with Gasteiger partial charge in [0, 0.05) is 11.6 Å². The molecule has 7 nitrogen and oxygen atoms in total. The van der Waals surface area contributed by atoms with E-state index in [4.69, 9.17) is 9.72 Å².